The molecule has 36 heavy (non-hydrogen) atoms. The number of fused-ring (bicyclic) bond motifs is 1. The van der Waals surface area contributed by atoms with Gasteiger partial charge in [-0.3, -0.25) is 0 Å². The zero-order chi connectivity index (χ0) is 26.6. The zero-order valence-electron chi connectivity index (χ0n) is 19.2. The number of methoxy groups -OCH3 is 1. The third-order valence-corrected chi connectivity index (χ3v) is 7.11. The van der Waals surface area contributed by atoms with E-state index >= 15 is 0 Å². The number of aromatic hydroxyl groups is 1. The number of hydrogen-bond donors (Lipinski definition) is 1. The van der Waals surface area contributed by atoms with Crippen molar-refractivity contribution in [2.24, 2.45) is 7.05 Å². The van der Waals surface area contributed by atoms with Crippen LogP contribution < -0.4 is 4.90 Å². The second kappa shape index (κ2) is 9.08. The highest BCUT2D eigenvalue weighted by molar-refractivity contribution is 7.88. The molecule has 0 spiro atoms. The van der Waals surface area contributed by atoms with E-state index in [0.717, 1.165) is 6.26 Å². The van der Waals surface area contributed by atoms with E-state index in [4.69, 9.17) is 4.74 Å². The highest BCUT2D eigenvalue weighted by atomic mass is 32.2. The van der Waals surface area contributed by atoms with Crippen molar-refractivity contribution in [1.29, 1.82) is 0 Å². The number of ether oxygens (including phenoxy) is 1. The van der Waals surface area contributed by atoms with Gasteiger partial charge in [0, 0.05) is 45.6 Å². The second-order valence-electron chi connectivity index (χ2n) is 8.25. The van der Waals surface area contributed by atoms with Crippen molar-refractivity contribution in [3.63, 3.8) is 0 Å². The van der Waals surface area contributed by atoms with Crippen LogP contribution in [0.1, 0.15) is 5.56 Å². The Bertz CT molecular complexity index is 1430. The quantitative estimate of drug-likeness (QED) is 0.494. The van der Waals surface area contributed by atoms with Crippen molar-refractivity contribution in [2.45, 2.75) is 12.2 Å². The third-order valence-electron chi connectivity index (χ3n) is 5.84. The van der Waals surface area contributed by atoms with E-state index < -0.39 is 50.8 Å². The van der Waals surface area contributed by atoms with Crippen molar-refractivity contribution >= 4 is 27.0 Å². The molecule has 10 nitrogen and oxygen atoms in total. The van der Waals surface area contributed by atoms with Crippen LogP contribution in [0.2, 0.25) is 0 Å². The average molecular weight is 536 g/mol. The molecule has 196 valence electrons. The Morgan fingerprint density at radius 3 is 2.53 bits per heavy atom. The Morgan fingerprint density at radius 2 is 1.92 bits per heavy atom. The highest BCUT2D eigenvalue weighted by Crippen LogP contribution is 2.41. The molecule has 0 amide bonds. The number of phenolic OH excluding ortho intramolecular Hbond substituents is 1. The van der Waals surface area contributed by atoms with Crippen LogP contribution in [0.3, 0.4) is 0 Å². The first-order chi connectivity index (χ1) is 16.7. The first-order valence-corrected chi connectivity index (χ1v) is 12.3. The van der Waals surface area contributed by atoms with Crippen LogP contribution in [0.15, 0.2) is 12.3 Å². The Labute approximate surface area is 202 Å². The van der Waals surface area contributed by atoms with Gasteiger partial charge in [-0.25, -0.2) is 26.9 Å². The lowest BCUT2D eigenvalue weighted by Gasteiger charge is -2.40. The standard InChI is InChI=1S/C20H21F5N6O4S/c1-29-18-12(16(28-29)11-6-13(20(23,24)25)15(22)17(32)14(11)21)7-26-19(27-18)31-5-4-30(36(3,33)34)8-10(31)9-35-2/h6-7,10,32H,4-5,8-9H2,1-3H3/t10-/m0/s1. The van der Waals surface area contributed by atoms with Gasteiger partial charge in [0.15, 0.2) is 23.0 Å². The number of benzene rings is 1. The van der Waals surface area contributed by atoms with Crippen molar-refractivity contribution < 1.29 is 40.2 Å². The predicted octanol–water partition coefficient (Wildman–Crippen LogP) is 2.13. The summed E-state index contributed by atoms with van der Waals surface area (Å²) in [5.74, 6) is -5.34. The molecule has 1 aliphatic rings. The lowest BCUT2D eigenvalue weighted by Crippen LogP contribution is -2.56. The number of rotatable bonds is 5. The first-order valence-electron chi connectivity index (χ1n) is 10.4. The summed E-state index contributed by atoms with van der Waals surface area (Å²) in [6.07, 6.45) is -2.87. The summed E-state index contributed by atoms with van der Waals surface area (Å²) in [7, 11) is -0.568. The molecule has 1 atom stereocenters. The van der Waals surface area contributed by atoms with Crippen molar-refractivity contribution in [1.82, 2.24) is 24.1 Å². The van der Waals surface area contributed by atoms with E-state index in [0.29, 0.717) is 0 Å². The van der Waals surface area contributed by atoms with E-state index in [1.807, 2.05) is 0 Å². The fraction of sp³-hybridized carbons (Fsp3) is 0.450. The normalized spacial score (nSPS) is 17.8. The van der Waals surface area contributed by atoms with Gasteiger partial charge in [0.25, 0.3) is 0 Å². The molecule has 1 saturated heterocycles. The molecule has 0 saturated carbocycles. The maximum atomic E-state index is 14.7. The molecule has 16 heteroatoms. The minimum absolute atomic E-state index is 0.0531. The van der Waals surface area contributed by atoms with E-state index in [-0.39, 0.29) is 55.0 Å². The van der Waals surface area contributed by atoms with Crippen molar-refractivity contribution in [3.05, 3.63) is 29.5 Å². The molecule has 1 aliphatic heterocycles. The fourth-order valence-corrected chi connectivity index (χ4v) is 4.95. The van der Waals surface area contributed by atoms with Crippen molar-refractivity contribution in [2.75, 3.05) is 44.5 Å². The molecule has 0 aliphatic carbocycles. The monoisotopic (exact) mass is 536 g/mol. The van der Waals surface area contributed by atoms with E-state index in [2.05, 4.69) is 15.1 Å². The van der Waals surface area contributed by atoms with Crippen LogP contribution in [-0.2, 0) is 28.0 Å². The summed E-state index contributed by atoms with van der Waals surface area (Å²) >= 11 is 0. The molecule has 0 unspecified atom stereocenters. The third kappa shape index (κ3) is 4.55. The molecule has 3 aromatic rings. The number of nitrogens with zero attached hydrogens (tertiary/aromatic N) is 6. The summed E-state index contributed by atoms with van der Waals surface area (Å²) in [5.41, 5.74) is -2.83. The summed E-state index contributed by atoms with van der Waals surface area (Å²) in [6.45, 7) is 0.666. The van der Waals surface area contributed by atoms with Gasteiger partial charge in [0.2, 0.25) is 16.0 Å². The van der Waals surface area contributed by atoms with Gasteiger partial charge in [-0.2, -0.15) is 27.6 Å². The summed E-state index contributed by atoms with van der Waals surface area (Å²) in [6, 6.07) is -0.205. The van der Waals surface area contributed by atoms with Crippen LogP contribution in [0.5, 0.6) is 5.75 Å². The van der Waals surface area contributed by atoms with E-state index in [9.17, 15) is 35.5 Å². The van der Waals surface area contributed by atoms with E-state index in [1.165, 1.54) is 29.3 Å². The topological polar surface area (TPSA) is 114 Å². The number of anilines is 1. The van der Waals surface area contributed by atoms with Crippen LogP contribution in [0.4, 0.5) is 27.9 Å². The van der Waals surface area contributed by atoms with Crippen LogP contribution in [-0.4, -0.2) is 83.2 Å². The maximum Gasteiger partial charge on any atom is 0.419 e. The van der Waals surface area contributed by atoms with Gasteiger partial charge < -0.3 is 14.7 Å². The Hall–Kier alpha value is -3.11. The Kier molecular flexibility index (Phi) is 6.55. The van der Waals surface area contributed by atoms with Crippen LogP contribution >= 0.6 is 0 Å². The molecule has 1 fully saturated rings. The minimum Gasteiger partial charge on any atom is -0.503 e. The summed E-state index contributed by atoms with van der Waals surface area (Å²) in [4.78, 5) is 10.4. The fourth-order valence-electron chi connectivity index (χ4n) is 4.09. The molecule has 1 aromatic carbocycles. The molecule has 0 bridgehead atoms. The smallest absolute Gasteiger partial charge is 0.419 e. The minimum atomic E-state index is -5.19. The first kappa shape index (κ1) is 26.0. The van der Waals surface area contributed by atoms with Crippen LogP contribution in [0.25, 0.3) is 22.3 Å². The number of alkyl halides is 3. The van der Waals surface area contributed by atoms with Gasteiger partial charge in [-0.05, 0) is 6.07 Å². The molecular formula is C20H21F5N6O4S. The second-order valence-corrected chi connectivity index (χ2v) is 10.2. The van der Waals surface area contributed by atoms with Crippen LogP contribution in [0, 0.1) is 11.6 Å². The lowest BCUT2D eigenvalue weighted by atomic mass is 10.0. The largest absolute Gasteiger partial charge is 0.503 e. The number of piperazine rings is 1. The molecular weight excluding hydrogens is 515 g/mol. The summed E-state index contributed by atoms with van der Waals surface area (Å²) < 4.78 is 100.0. The number of phenols is 1. The number of halogens is 5. The van der Waals surface area contributed by atoms with Crippen molar-refractivity contribution in [3.8, 4) is 17.0 Å². The lowest BCUT2D eigenvalue weighted by molar-refractivity contribution is -0.140. The van der Waals surface area contributed by atoms with Gasteiger partial charge >= 0.3 is 6.18 Å². The highest BCUT2D eigenvalue weighted by Gasteiger charge is 2.38. The number of aromatic nitrogens is 4. The number of aryl methyl sites for hydroxylation is 1. The maximum absolute atomic E-state index is 14.7. The molecule has 1 N–H and O–H groups in total. The number of hydrogen-bond acceptors (Lipinski definition) is 8. The van der Waals surface area contributed by atoms with Gasteiger partial charge in [0.1, 0.15) is 5.69 Å². The van der Waals surface area contributed by atoms with Gasteiger partial charge in [-0.15, -0.1) is 0 Å². The van der Waals surface area contributed by atoms with Gasteiger partial charge in [-0.1, -0.05) is 0 Å². The molecule has 4 rings (SSSR count). The van der Waals surface area contributed by atoms with Gasteiger partial charge in [0.05, 0.1) is 29.9 Å². The molecule has 2 aromatic heterocycles. The number of sulfonamides is 1. The average Bonchev–Trinajstić information content (AvgIpc) is 3.12. The zero-order valence-corrected chi connectivity index (χ0v) is 20.0. The summed E-state index contributed by atoms with van der Waals surface area (Å²) in [5, 5.41) is 13.8. The molecule has 0 radical (unpaired) electrons. The SMILES string of the molecule is COC[C@@H]1CN(S(C)(=O)=O)CCN1c1ncc2c(-c3cc(C(F)(F)F)c(F)c(O)c3F)nn(C)c2n1. The predicted molar refractivity (Wildman–Crippen MR) is 118 cm³/mol. The Balaban J connectivity index is 1.79. The Morgan fingerprint density at radius 1 is 1.22 bits per heavy atom. The molecule has 3 heterocycles. The van der Waals surface area contributed by atoms with E-state index in [1.54, 1.807) is 4.90 Å².